The van der Waals surface area contributed by atoms with E-state index < -0.39 is 0 Å². The van der Waals surface area contributed by atoms with E-state index in [-0.39, 0.29) is 5.54 Å². The third kappa shape index (κ3) is 3.47. The maximum absolute atomic E-state index is 6.34. The largest absolute Gasteiger partial charge is 0.325 e. The van der Waals surface area contributed by atoms with Gasteiger partial charge in [0, 0.05) is 15.0 Å². The van der Waals surface area contributed by atoms with Gasteiger partial charge < -0.3 is 5.73 Å². The van der Waals surface area contributed by atoms with Crippen molar-refractivity contribution in [1.29, 1.82) is 0 Å². The highest BCUT2D eigenvalue weighted by Gasteiger charge is 2.26. The van der Waals surface area contributed by atoms with Crippen LogP contribution in [0.4, 0.5) is 0 Å². The molecule has 0 spiro atoms. The number of hydrogen-bond acceptors (Lipinski definition) is 1. The quantitative estimate of drug-likeness (QED) is 0.876. The fourth-order valence-electron chi connectivity index (χ4n) is 1.72. The van der Waals surface area contributed by atoms with Crippen LogP contribution in [0.2, 0.25) is 5.02 Å². The van der Waals surface area contributed by atoms with Gasteiger partial charge in [-0.25, -0.2) is 0 Å². The van der Waals surface area contributed by atoms with Gasteiger partial charge >= 0.3 is 0 Å². The van der Waals surface area contributed by atoms with Gasteiger partial charge in [0.1, 0.15) is 0 Å². The third-order valence-electron chi connectivity index (χ3n) is 3.32. The summed E-state index contributed by atoms with van der Waals surface area (Å²) in [5.41, 5.74) is 7.26. The molecule has 0 heterocycles. The van der Waals surface area contributed by atoms with Crippen LogP contribution in [0, 0.1) is 5.92 Å². The van der Waals surface area contributed by atoms with Gasteiger partial charge in [0.05, 0.1) is 0 Å². The van der Waals surface area contributed by atoms with Crippen molar-refractivity contribution in [1.82, 2.24) is 0 Å². The lowest BCUT2D eigenvalue weighted by molar-refractivity contribution is 0.306. The molecule has 90 valence electrons. The summed E-state index contributed by atoms with van der Waals surface area (Å²) in [5, 5.41) is 0.786. The minimum absolute atomic E-state index is 0.202. The second kappa shape index (κ2) is 5.52. The second-order valence-corrected chi connectivity index (χ2v) is 6.05. The lowest BCUT2D eigenvalue weighted by Crippen LogP contribution is -2.44. The number of benzene rings is 1. The molecule has 16 heavy (non-hydrogen) atoms. The van der Waals surface area contributed by atoms with Crippen molar-refractivity contribution in [3.8, 4) is 0 Å². The van der Waals surface area contributed by atoms with Crippen molar-refractivity contribution in [2.75, 3.05) is 0 Å². The molecule has 0 aromatic heterocycles. The molecule has 0 aliphatic rings. The molecule has 0 aliphatic carbocycles. The maximum Gasteiger partial charge on any atom is 0.0449 e. The Morgan fingerprint density at radius 2 is 2.12 bits per heavy atom. The van der Waals surface area contributed by atoms with Crippen molar-refractivity contribution in [3.05, 3.63) is 33.3 Å². The molecule has 3 heteroatoms. The topological polar surface area (TPSA) is 26.0 Å². The molecule has 0 saturated carbocycles. The fraction of sp³-hybridized carbons (Fsp3) is 0.538. The lowest BCUT2D eigenvalue weighted by Gasteiger charge is -2.31. The Labute approximate surface area is 111 Å². The van der Waals surface area contributed by atoms with Gasteiger partial charge in [-0.2, -0.15) is 0 Å². The van der Waals surface area contributed by atoms with E-state index in [9.17, 15) is 0 Å². The zero-order valence-corrected chi connectivity index (χ0v) is 12.4. The van der Waals surface area contributed by atoms with Crippen LogP contribution in [-0.2, 0) is 6.42 Å². The van der Waals surface area contributed by atoms with Gasteiger partial charge in [0.15, 0.2) is 0 Å². The summed E-state index contributed by atoms with van der Waals surface area (Å²) in [5.74, 6) is 0.479. The van der Waals surface area contributed by atoms with Crippen LogP contribution >= 0.6 is 27.5 Å². The van der Waals surface area contributed by atoms with Crippen molar-refractivity contribution >= 4 is 27.5 Å². The van der Waals surface area contributed by atoms with Crippen molar-refractivity contribution in [3.63, 3.8) is 0 Å². The van der Waals surface area contributed by atoms with Gasteiger partial charge in [0.2, 0.25) is 0 Å². The summed E-state index contributed by atoms with van der Waals surface area (Å²) in [7, 11) is 0. The van der Waals surface area contributed by atoms with E-state index in [1.165, 1.54) is 0 Å². The molecule has 1 aromatic rings. The molecule has 0 radical (unpaired) electrons. The van der Waals surface area contributed by atoms with Gasteiger partial charge in [-0.05, 0) is 37.0 Å². The minimum atomic E-state index is -0.202. The van der Waals surface area contributed by atoms with E-state index in [0.29, 0.717) is 5.92 Å². The fourth-order valence-corrected chi connectivity index (χ4v) is 2.46. The molecule has 1 rings (SSSR count). The van der Waals surface area contributed by atoms with Crippen LogP contribution in [0.1, 0.15) is 32.8 Å². The smallest absolute Gasteiger partial charge is 0.0449 e. The monoisotopic (exact) mass is 303 g/mol. The SMILES string of the molecule is CCC(C)C(C)(N)Cc1ccc(Br)cc1Cl. The highest BCUT2D eigenvalue weighted by Crippen LogP contribution is 2.28. The number of nitrogens with two attached hydrogens (primary N) is 1. The molecule has 0 bridgehead atoms. The first-order chi connectivity index (χ1) is 7.36. The molecule has 0 aliphatic heterocycles. The molecule has 0 amide bonds. The van der Waals surface area contributed by atoms with Crippen molar-refractivity contribution < 1.29 is 0 Å². The van der Waals surface area contributed by atoms with E-state index in [0.717, 1.165) is 27.9 Å². The summed E-state index contributed by atoms with van der Waals surface area (Å²) >= 11 is 9.60. The zero-order chi connectivity index (χ0) is 12.3. The number of halogens is 2. The molecule has 0 fully saturated rings. The Hall–Kier alpha value is -0.0500. The van der Waals surface area contributed by atoms with Crippen molar-refractivity contribution in [2.45, 2.75) is 39.2 Å². The van der Waals surface area contributed by atoms with Gasteiger partial charge in [-0.3, -0.25) is 0 Å². The lowest BCUT2D eigenvalue weighted by atomic mass is 9.81. The average Bonchev–Trinajstić information content (AvgIpc) is 2.21. The molecule has 1 nitrogen and oxygen atoms in total. The Morgan fingerprint density at radius 3 is 2.62 bits per heavy atom. The highest BCUT2D eigenvalue weighted by atomic mass is 79.9. The molecule has 2 atom stereocenters. The maximum atomic E-state index is 6.34. The number of hydrogen-bond donors (Lipinski definition) is 1. The Bertz CT molecular complexity index is 363. The Morgan fingerprint density at radius 1 is 1.50 bits per heavy atom. The van der Waals surface area contributed by atoms with Crippen LogP contribution in [0.25, 0.3) is 0 Å². The number of rotatable bonds is 4. The van der Waals surface area contributed by atoms with E-state index in [2.05, 4.69) is 36.7 Å². The third-order valence-corrected chi connectivity index (χ3v) is 4.17. The molecular formula is C13H19BrClN. The average molecular weight is 305 g/mol. The van der Waals surface area contributed by atoms with Crippen LogP contribution in [-0.4, -0.2) is 5.54 Å². The van der Waals surface area contributed by atoms with Gasteiger partial charge in [-0.1, -0.05) is 53.9 Å². The summed E-state index contributed by atoms with van der Waals surface area (Å²) in [4.78, 5) is 0. The molecule has 0 saturated heterocycles. The highest BCUT2D eigenvalue weighted by molar-refractivity contribution is 9.10. The van der Waals surface area contributed by atoms with Crippen molar-refractivity contribution in [2.24, 2.45) is 11.7 Å². The van der Waals surface area contributed by atoms with Crippen LogP contribution in [0.3, 0.4) is 0 Å². The summed E-state index contributed by atoms with van der Waals surface area (Å²) in [6, 6.07) is 5.97. The summed E-state index contributed by atoms with van der Waals surface area (Å²) in [6.07, 6.45) is 1.90. The van der Waals surface area contributed by atoms with E-state index in [1.54, 1.807) is 0 Å². The van der Waals surface area contributed by atoms with E-state index in [4.69, 9.17) is 17.3 Å². The standard InChI is InChI=1S/C13H19BrClN/c1-4-9(2)13(3,16)8-10-5-6-11(14)7-12(10)15/h5-7,9H,4,8,16H2,1-3H3. The predicted molar refractivity (Wildman–Crippen MR) is 74.9 cm³/mol. The minimum Gasteiger partial charge on any atom is -0.325 e. The molecule has 2 unspecified atom stereocenters. The summed E-state index contributed by atoms with van der Waals surface area (Å²) in [6.45, 7) is 6.45. The molecule has 1 aromatic carbocycles. The summed E-state index contributed by atoms with van der Waals surface area (Å²) < 4.78 is 1.00. The zero-order valence-electron chi connectivity index (χ0n) is 10.1. The molecular weight excluding hydrogens is 286 g/mol. The van der Waals surface area contributed by atoms with E-state index >= 15 is 0 Å². The molecule has 2 N–H and O–H groups in total. The van der Waals surface area contributed by atoms with E-state index in [1.807, 2.05) is 18.2 Å². The first kappa shape index (κ1) is 14.0. The predicted octanol–water partition coefficient (Wildman–Crippen LogP) is 4.41. The van der Waals surface area contributed by atoms with Gasteiger partial charge in [-0.15, -0.1) is 0 Å². The second-order valence-electron chi connectivity index (χ2n) is 4.73. The van der Waals surface area contributed by atoms with Crippen LogP contribution in [0.15, 0.2) is 22.7 Å². The van der Waals surface area contributed by atoms with Gasteiger partial charge in [0.25, 0.3) is 0 Å². The first-order valence-electron chi connectivity index (χ1n) is 5.59. The normalized spacial score (nSPS) is 16.9. The van der Waals surface area contributed by atoms with Crippen LogP contribution < -0.4 is 5.73 Å². The Kier molecular flexibility index (Phi) is 4.84. The Balaban J connectivity index is 2.87. The first-order valence-corrected chi connectivity index (χ1v) is 6.76. The van der Waals surface area contributed by atoms with Crippen LogP contribution in [0.5, 0.6) is 0 Å².